The molecule has 1 N–H and O–H groups in total. The molecule has 6 nitrogen and oxygen atoms in total. The number of pyridine rings is 1. The Morgan fingerprint density at radius 2 is 2.05 bits per heavy atom. The summed E-state index contributed by atoms with van der Waals surface area (Å²) in [7, 11) is 0. The highest BCUT2D eigenvalue weighted by molar-refractivity contribution is 5.56. The van der Waals surface area contributed by atoms with Crippen LogP contribution in [0.2, 0.25) is 0 Å². The van der Waals surface area contributed by atoms with Crippen molar-refractivity contribution in [3.63, 3.8) is 0 Å². The Kier molecular flexibility index (Phi) is 2.75. The number of aryl methyl sites for hydroxylation is 1. The normalized spacial score (nSPS) is 15.7. The van der Waals surface area contributed by atoms with Gasteiger partial charge in [-0.05, 0) is 37.8 Å². The highest BCUT2D eigenvalue weighted by Crippen LogP contribution is 2.24. The van der Waals surface area contributed by atoms with Gasteiger partial charge in [-0.2, -0.15) is 14.8 Å². The summed E-state index contributed by atoms with van der Waals surface area (Å²) < 4.78 is 1.34. The Bertz CT molecular complexity index is 664. The average molecular weight is 257 g/mol. The van der Waals surface area contributed by atoms with Crippen LogP contribution in [0.5, 0.6) is 5.88 Å². The van der Waals surface area contributed by atoms with Gasteiger partial charge in [-0.3, -0.25) is 0 Å². The molecule has 98 valence electrons. The number of aromatic nitrogens is 3. The predicted octanol–water partition coefficient (Wildman–Crippen LogP) is 1.61. The standard InChI is InChI=1S/C13H15N5O/c1-9-7-11-15-13(17-5-3-2-4-6-17)16-18(11)12(19)10(9)8-14/h7,19H,2-6H2,1H3. The SMILES string of the molecule is Cc1cc2nc(N3CCCCC3)nn2c(O)c1C#N. The van der Waals surface area contributed by atoms with Gasteiger partial charge in [0.1, 0.15) is 11.6 Å². The molecular weight excluding hydrogens is 242 g/mol. The van der Waals surface area contributed by atoms with Gasteiger partial charge in [0.15, 0.2) is 5.65 Å². The minimum absolute atomic E-state index is 0.131. The molecule has 0 aliphatic carbocycles. The Balaban J connectivity index is 2.10. The summed E-state index contributed by atoms with van der Waals surface area (Å²) >= 11 is 0. The van der Waals surface area contributed by atoms with Crippen molar-refractivity contribution in [2.24, 2.45) is 0 Å². The molecule has 2 aromatic rings. The number of nitriles is 1. The Morgan fingerprint density at radius 1 is 1.32 bits per heavy atom. The number of piperidine rings is 1. The summed E-state index contributed by atoms with van der Waals surface area (Å²) in [4.78, 5) is 6.56. The van der Waals surface area contributed by atoms with Crippen LogP contribution < -0.4 is 4.90 Å². The van der Waals surface area contributed by atoms with Crippen molar-refractivity contribution >= 4 is 11.6 Å². The third-order valence-corrected chi connectivity index (χ3v) is 3.54. The van der Waals surface area contributed by atoms with Crippen molar-refractivity contribution in [1.82, 2.24) is 14.6 Å². The fraction of sp³-hybridized carbons (Fsp3) is 0.462. The van der Waals surface area contributed by atoms with Crippen LogP contribution >= 0.6 is 0 Å². The molecule has 0 spiro atoms. The summed E-state index contributed by atoms with van der Waals surface area (Å²) in [6.45, 7) is 3.68. The first kappa shape index (κ1) is 11.8. The first-order valence-electron chi connectivity index (χ1n) is 6.45. The molecule has 3 rings (SSSR count). The summed E-state index contributed by atoms with van der Waals surface area (Å²) in [5, 5.41) is 23.4. The van der Waals surface area contributed by atoms with Crippen molar-refractivity contribution in [3.8, 4) is 11.9 Å². The summed E-state index contributed by atoms with van der Waals surface area (Å²) in [6, 6.07) is 3.77. The number of rotatable bonds is 1. The van der Waals surface area contributed by atoms with Gasteiger partial charge in [-0.1, -0.05) is 0 Å². The Labute approximate surface area is 110 Å². The molecule has 0 amide bonds. The smallest absolute Gasteiger partial charge is 0.245 e. The molecule has 0 unspecified atom stereocenters. The van der Waals surface area contributed by atoms with Gasteiger partial charge in [0.2, 0.25) is 11.8 Å². The van der Waals surface area contributed by atoms with Gasteiger partial charge < -0.3 is 10.0 Å². The molecule has 0 aromatic carbocycles. The second-order valence-corrected chi connectivity index (χ2v) is 4.87. The molecule has 1 fully saturated rings. The first-order chi connectivity index (χ1) is 9.20. The first-order valence-corrected chi connectivity index (χ1v) is 6.45. The topological polar surface area (TPSA) is 77.5 Å². The minimum atomic E-state index is -0.131. The molecule has 0 radical (unpaired) electrons. The van der Waals surface area contributed by atoms with Crippen molar-refractivity contribution in [2.45, 2.75) is 26.2 Å². The van der Waals surface area contributed by atoms with Crippen LogP contribution in [0.1, 0.15) is 30.4 Å². The van der Waals surface area contributed by atoms with E-state index in [0.717, 1.165) is 25.9 Å². The van der Waals surface area contributed by atoms with E-state index in [1.165, 1.54) is 10.9 Å². The largest absolute Gasteiger partial charge is 0.492 e. The summed E-state index contributed by atoms with van der Waals surface area (Å²) in [5.74, 6) is 0.498. The second-order valence-electron chi connectivity index (χ2n) is 4.87. The van der Waals surface area contributed by atoms with Gasteiger partial charge in [-0.15, -0.1) is 5.10 Å². The van der Waals surface area contributed by atoms with Crippen LogP contribution in [0.4, 0.5) is 5.95 Å². The predicted molar refractivity (Wildman–Crippen MR) is 70.2 cm³/mol. The monoisotopic (exact) mass is 257 g/mol. The fourth-order valence-corrected chi connectivity index (χ4v) is 2.48. The number of fused-ring (bicyclic) bond motifs is 1. The molecular formula is C13H15N5O. The molecule has 2 aromatic heterocycles. The Morgan fingerprint density at radius 3 is 2.74 bits per heavy atom. The quantitative estimate of drug-likeness (QED) is 0.839. The average Bonchev–Trinajstić information content (AvgIpc) is 2.84. The van der Waals surface area contributed by atoms with Crippen molar-refractivity contribution in [2.75, 3.05) is 18.0 Å². The van der Waals surface area contributed by atoms with E-state index in [-0.39, 0.29) is 11.4 Å². The zero-order valence-corrected chi connectivity index (χ0v) is 10.8. The van der Waals surface area contributed by atoms with Gasteiger partial charge in [-0.25, -0.2) is 0 Å². The number of hydrogen-bond donors (Lipinski definition) is 1. The molecule has 3 heterocycles. The number of anilines is 1. The van der Waals surface area contributed by atoms with Crippen LogP contribution in [0.25, 0.3) is 5.65 Å². The lowest BCUT2D eigenvalue weighted by Crippen LogP contribution is -2.30. The van der Waals surface area contributed by atoms with Crippen LogP contribution in [0.3, 0.4) is 0 Å². The zero-order chi connectivity index (χ0) is 13.4. The highest BCUT2D eigenvalue weighted by Gasteiger charge is 2.18. The molecule has 0 atom stereocenters. The molecule has 1 saturated heterocycles. The maximum absolute atomic E-state index is 10.1. The molecule has 1 aliphatic heterocycles. The second kappa shape index (κ2) is 4.43. The molecule has 1 aliphatic rings. The van der Waals surface area contributed by atoms with E-state index in [4.69, 9.17) is 5.26 Å². The number of hydrogen-bond acceptors (Lipinski definition) is 5. The maximum atomic E-state index is 10.1. The fourth-order valence-electron chi connectivity index (χ4n) is 2.48. The maximum Gasteiger partial charge on any atom is 0.245 e. The third-order valence-electron chi connectivity index (χ3n) is 3.54. The Hall–Kier alpha value is -2.29. The van der Waals surface area contributed by atoms with E-state index in [1.807, 2.05) is 6.07 Å². The summed E-state index contributed by atoms with van der Waals surface area (Å²) in [6.07, 6.45) is 3.53. The zero-order valence-electron chi connectivity index (χ0n) is 10.8. The van der Waals surface area contributed by atoms with Gasteiger partial charge >= 0.3 is 0 Å². The molecule has 0 saturated carbocycles. The van der Waals surface area contributed by atoms with Gasteiger partial charge in [0, 0.05) is 13.1 Å². The van der Waals surface area contributed by atoms with Crippen LogP contribution in [-0.4, -0.2) is 32.8 Å². The van der Waals surface area contributed by atoms with Crippen LogP contribution in [0, 0.1) is 18.3 Å². The van der Waals surface area contributed by atoms with Crippen LogP contribution in [-0.2, 0) is 0 Å². The van der Waals surface area contributed by atoms with Crippen LogP contribution in [0.15, 0.2) is 6.07 Å². The third kappa shape index (κ3) is 1.87. The lowest BCUT2D eigenvalue weighted by molar-refractivity contribution is 0.434. The lowest BCUT2D eigenvalue weighted by Gasteiger charge is -2.24. The lowest BCUT2D eigenvalue weighted by atomic mass is 10.1. The van der Waals surface area contributed by atoms with Crippen molar-refractivity contribution in [3.05, 3.63) is 17.2 Å². The van der Waals surface area contributed by atoms with Crippen molar-refractivity contribution < 1.29 is 5.11 Å². The number of nitrogens with zero attached hydrogens (tertiary/aromatic N) is 5. The van der Waals surface area contributed by atoms with E-state index in [1.54, 1.807) is 13.0 Å². The van der Waals surface area contributed by atoms with E-state index < -0.39 is 0 Å². The number of aromatic hydroxyl groups is 1. The van der Waals surface area contributed by atoms with E-state index in [0.29, 0.717) is 17.2 Å². The highest BCUT2D eigenvalue weighted by atomic mass is 16.3. The van der Waals surface area contributed by atoms with Gasteiger partial charge in [0.25, 0.3) is 0 Å². The molecule has 0 bridgehead atoms. The minimum Gasteiger partial charge on any atom is -0.492 e. The molecule has 19 heavy (non-hydrogen) atoms. The van der Waals surface area contributed by atoms with Crippen molar-refractivity contribution in [1.29, 1.82) is 5.26 Å². The van der Waals surface area contributed by atoms with Gasteiger partial charge in [0.05, 0.1) is 0 Å². The van der Waals surface area contributed by atoms with E-state index in [9.17, 15) is 5.11 Å². The van der Waals surface area contributed by atoms with E-state index >= 15 is 0 Å². The van der Waals surface area contributed by atoms with E-state index in [2.05, 4.69) is 15.0 Å². The summed E-state index contributed by atoms with van der Waals surface area (Å²) in [5.41, 5.74) is 1.54. The molecule has 6 heteroatoms.